The highest BCUT2D eigenvalue weighted by molar-refractivity contribution is 6.01. The van der Waals surface area contributed by atoms with E-state index in [4.69, 9.17) is 14.3 Å². The highest BCUT2D eigenvalue weighted by atomic mass is 16.7. The number of carbonyl (C=O) groups is 2. The van der Waals surface area contributed by atoms with Crippen LogP contribution in [-0.2, 0) is 23.9 Å². The Morgan fingerprint density at radius 1 is 0.967 bits per heavy atom. The van der Waals surface area contributed by atoms with Gasteiger partial charge in [-0.1, -0.05) is 18.6 Å². The van der Waals surface area contributed by atoms with Gasteiger partial charge in [-0.25, -0.2) is 0 Å². The fraction of sp³-hybridized carbons (Fsp3) is 0.833. The van der Waals surface area contributed by atoms with Crippen molar-refractivity contribution in [3.63, 3.8) is 0 Å². The molecule has 2 aliphatic rings. The Morgan fingerprint density at radius 2 is 1.50 bits per heavy atom. The molecule has 1 aliphatic heterocycles. The van der Waals surface area contributed by atoms with Crippen LogP contribution in [-0.4, -0.2) is 47.4 Å². The number of esters is 2. The third kappa shape index (κ3) is 5.08. The first-order valence-electron chi connectivity index (χ1n) is 11.5. The van der Waals surface area contributed by atoms with Crippen LogP contribution in [0.25, 0.3) is 0 Å². The van der Waals surface area contributed by atoms with Crippen LogP contribution in [0.2, 0.25) is 0 Å². The second-order valence-corrected chi connectivity index (χ2v) is 9.88. The number of allylic oxidation sites excluding steroid dienone is 1. The second kappa shape index (κ2) is 9.82. The van der Waals surface area contributed by atoms with Crippen molar-refractivity contribution in [1.82, 2.24) is 5.06 Å². The highest BCUT2D eigenvalue weighted by Crippen LogP contribution is 2.46. The summed E-state index contributed by atoms with van der Waals surface area (Å²) < 4.78 is 10.6. The van der Waals surface area contributed by atoms with Gasteiger partial charge in [0.1, 0.15) is 0 Å². The molecule has 1 saturated carbocycles. The molecule has 6 heteroatoms. The molecule has 0 aromatic rings. The van der Waals surface area contributed by atoms with E-state index in [0.29, 0.717) is 6.42 Å². The van der Waals surface area contributed by atoms with Crippen LogP contribution in [0.3, 0.4) is 0 Å². The summed E-state index contributed by atoms with van der Waals surface area (Å²) in [5.74, 6) is -1.19. The molecule has 0 unspecified atom stereocenters. The molecule has 30 heavy (non-hydrogen) atoms. The lowest BCUT2D eigenvalue weighted by Crippen LogP contribution is -2.59. The zero-order valence-corrected chi connectivity index (χ0v) is 20.0. The molecule has 2 atom stereocenters. The molecule has 2 rings (SSSR count). The normalized spacial score (nSPS) is 26.4. The van der Waals surface area contributed by atoms with Crippen LogP contribution >= 0.6 is 0 Å². The molecule has 0 N–H and O–H groups in total. The average molecular weight is 424 g/mol. The maximum atomic E-state index is 12.8. The summed E-state index contributed by atoms with van der Waals surface area (Å²) in [6.45, 7) is 14.9. The van der Waals surface area contributed by atoms with Crippen molar-refractivity contribution in [1.29, 1.82) is 0 Å². The van der Waals surface area contributed by atoms with Crippen LogP contribution in [0, 0.1) is 11.3 Å². The first kappa shape index (κ1) is 24.9. The number of rotatable bonds is 8. The zero-order valence-electron chi connectivity index (χ0n) is 20.0. The van der Waals surface area contributed by atoms with Gasteiger partial charge in [-0.3, -0.25) is 14.4 Å². The molecule has 2 fully saturated rings. The Morgan fingerprint density at radius 3 is 2.00 bits per heavy atom. The molecule has 1 heterocycles. The lowest BCUT2D eigenvalue weighted by atomic mass is 9.77. The molecule has 0 aromatic carbocycles. The van der Waals surface area contributed by atoms with Gasteiger partial charge >= 0.3 is 11.9 Å². The number of piperidine rings is 1. The third-order valence-electron chi connectivity index (χ3n) is 6.56. The van der Waals surface area contributed by atoms with Crippen molar-refractivity contribution in [2.75, 3.05) is 13.2 Å². The van der Waals surface area contributed by atoms with Gasteiger partial charge in [0.25, 0.3) is 0 Å². The largest absolute Gasteiger partial charge is 0.465 e. The van der Waals surface area contributed by atoms with Gasteiger partial charge in [0, 0.05) is 17.0 Å². The molecular weight excluding hydrogens is 382 g/mol. The van der Waals surface area contributed by atoms with E-state index in [1.165, 1.54) is 6.42 Å². The second-order valence-electron chi connectivity index (χ2n) is 9.88. The molecule has 0 radical (unpaired) electrons. The molecule has 1 saturated heterocycles. The minimum absolute atomic E-state index is 0.0448. The monoisotopic (exact) mass is 423 g/mol. The number of hydrogen-bond donors (Lipinski definition) is 0. The molecule has 1 aliphatic carbocycles. The van der Waals surface area contributed by atoms with Gasteiger partial charge in [0.2, 0.25) is 0 Å². The van der Waals surface area contributed by atoms with Gasteiger partial charge in [0.15, 0.2) is 5.41 Å². The van der Waals surface area contributed by atoms with Crippen LogP contribution in [0.1, 0.15) is 87.0 Å². The summed E-state index contributed by atoms with van der Waals surface area (Å²) in [6.07, 6.45) is 9.13. The Labute approximate surface area is 182 Å². The van der Waals surface area contributed by atoms with Crippen LogP contribution in [0.4, 0.5) is 0 Å². The zero-order chi connectivity index (χ0) is 22.6. The summed E-state index contributed by atoms with van der Waals surface area (Å²) >= 11 is 0. The first-order valence-corrected chi connectivity index (χ1v) is 11.5. The summed E-state index contributed by atoms with van der Waals surface area (Å²) in [5, 5.41) is 2.14. The van der Waals surface area contributed by atoms with Gasteiger partial charge < -0.3 is 9.47 Å². The van der Waals surface area contributed by atoms with Crippen LogP contribution in [0.5, 0.6) is 0 Å². The fourth-order valence-electron chi connectivity index (χ4n) is 5.16. The maximum Gasteiger partial charge on any atom is 0.324 e. The standard InChI is InChI=1S/C24H41NO5/c1-8-28-20(26)24(21(27)29-9-2)17-10-12-19(24)14-13-18(3)30-25-22(4,5)15-11-16-23(25,6)7/h13-14,18-19H,8-12,15-17H2,1-7H3/b14-13+/t18-,19+/m0/s1. The summed E-state index contributed by atoms with van der Waals surface area (Å²) in [6, 6.07) is 0. The van der Waals surface area contributed by atoms with E-state index < -0.39 is 17.4 Å². The molecular formula is C24H41NO5. The average Bonchev–Trinajstić information content (AvgIpc) is 3.08. The molecule has 0 amide bonds. The quantitative estimate of drug-likeness (QED) is 0.317. The molecule has 6 nitrogen and oxygen atoms in total. The predicted octanol–water partition coefficient (Wildman–Crippen LogP) is 4.82. The number of ether oxygens (including phenoxy) is 2. The van der Waals surface area contributed by atoms with Gasteiger partial charge in [-0.15, -0.1) is 0 Å². The Hall–Kier alpha value is -1.40. The summed E-state index contributed by atoms with van der Waals surface area (Å²) in [7, 11) is 0. The van der Waals surface area contributed by atoms with Crippen molar-refractivity contribution in [3.05, 3.63) is 12.2 Å². The minimum Gasteiger partial charge on any atom is -0.465 e. The number of carbonyl (C=O) groups excluding carboxylic acids is 2. The lowest BCUT2D eigenvalue weighted by Gasteiger charge is -2.52. The number of hydroxylamine groups is 2. The highest BCUT2D eigenvalue weighted by Gasteiger charge is 2.56. The van der Waals surface area contributed by atoms with Gasteiger partial charge in [-0.05, 0) is 80.6 Å². The van der Waals surface area contributed by atoms with Gasteiger partial charge in [-0.2, -0.15) is 5.06 Å². The number of nitrogens with zero attached hydrogens (tertiary/aromatic N) is 1. The van der Waals surface area contributed by atoms with E-state index in [-0.39, 0.29) is 36.3 Å². The fourth-order valence-corrected chi connectivity index (χ4v) is 5.16. The van der Waals surface area contributed by atoms with Gasteiger partial charge in [0.05, 0.1) is 19.3 Å². The lowest BCUT2D eigenvalue weighted by molar-refractivity contribution is -0.293. The maximum absolute atomic E-state index is 12.8. The number of hydrogen-bond acceptors (Lipinski definition) is 6. The molecule has 0 bridgehead atoms. The predicted molar refractivity (Wildman–Crippen MR) is 117 cm³/mol. The molecule has 172 valence electrons. The smallest absolute Gasteiger partial charge is 0.324 e. The summed E-state index contributed by atoms with van der Waals surface area (Å²) in [5.41, 5.74) is -1.33. The van der Waals surface area contributed by atoms with E-state index in [9.17, 15) is 9.59 Å². The first-order chi connectivity index (χ1) is 14.0. The van der Waals surface area contributed by atoms with Crippen molar-refractivity contribution < 1.29 is 23.9 Å². The van der Waals surface area contributed by atoms with Crippen molar-refractivity contribution in [2.24, 2.45) is 11.3 Å². The van der Waals surface area contributed by atoms with E-state index in [1.807, 2.05) is 19.1 Å². The van der Waals surface area contributed by atoms with E-state index in [2.05, 4.69) is 32.8 Å². The Kier molecular flexibility index (Phi) is 8.14. The van der Waals surface area contributed by atoms with E-state index in [1.54, 1.807) is 13.8 Å². The van der Waals surface area contributed by atoms with Crippen molar-refractivity contribution in [2.45, 2.75) is 104 Å². The Bertz CT molecular complexity index is 606. The molecule has 0 aromatic heterocycles. The van der Waals surface area contributed by atoms with Crippen LogP contribution in [0.15, 0.2) is 12.2 Å². The van der Waals surface area contributed by atoms with Crippen molar-refractivity contribution >= 4 is 11.9 Å². The van der Waals surface area contributed by atoms with E-state index in [0.717, 1.165) is 25.7 Å². The SMILES string of the molecule is CCOC(=O)C1(C(=O)OCC)CCC[C@@H]1/C=C/[C@H](C)ON1C(C)(C)CCCC1(C)C. The topological polar surface area (TPSA) is 65.1 Å². The Balaban J connectivity index is 2.19. The van der Waals surface area contributed by atoms with Crippen molar-refractivity contribution in [3.8, 4) is 0 Å². The summed E-state index contributed by atoms with van der Waals surface area (Å²) in [4.78, 5) is 32.0. The van der Waals surface area contributed by atoms with Crippen LogP contribution < -0.4 is 0 Å². The molecule has 0 spiro atoms. The minimum atomic E-state index is -1.24. The third-order valence-corrected chi connectivity index (χ3v) is 6.56. The van der Waals surface area contributed by atoms with E-state index >= 15 is 0 Å².